The lowest BCUT2D eigenvalue weighted by molar-refractivity contribution is 0.475. The van der Waals surface area contributed by atoms with Crippen molar-refractivity contribution >= 4 is 20.4 Å². The minimum absolute atomic E-state index is 0.322. The maximum absolute atomic E-state index is 8.63. The normalized spacial score (nSPS) is 8.78. The Labute approximate surface area is 151 Å². The molecule has 0 amide bonds. The second kappa shape index (κ2) is 17.2. The largest absolute Gasteiger partial charge is 0.508 e. The molecular weight excluding hydrogens is 297 g/mol. The third kappa shape index (κ3) is 17.0. The number of aromatic hydroxyl groups is 2. The van der Waals surface area contributed by atoms with Crippen LogP contribution in [-0.4, -0.2) is 30.6 Å². The lowest BCUT2D eigenvalue weighted by Gasteiger charge is -1.93. The van der Waals surface area contributed by atoms with Gasteiger partial charge in [0.25, 0.3) is 0 Å². The average molecular weight is 327 g/mol. The highest BCUT2D eigenvalue weighted by Crippen LogP contribution is 2.03. The molecule has 0 aliphatic heterocycles. The molecule has 0 spiro atoms. The Morgan fingerprint density at radius 3 is 1.22 bits per heavy atom. The molecule has 0 bridgehead atoms. The maximum Gasteiger partial charge on any atom is 0.364 e. The van der Waals surface area contributed by atoms with Crippen molar-refractivity contribution in [1.29, 1.82) is 0 Å². The molecule has 0 unspecified atom stereocenters. The van der Waals surface area contributed by atoms with Gasteiger partial charge in [0.05, 0.1) is 0 Å². The number of hydrogen-bond acceptors (Lipinski definition) is 2. The number of phenolic OH excluding ortho intramolecular Hbond substituents is 2. The lowest BCUT2D eigenvalue weighted by Crippen LogP contribution is -1.87. The van der Waals surface area contributed by atoms with Gasteiger partial charge in [0.2, 0.25) is 0 Å². The van der Waals surface area contributed by atoms with Gasteiger partial charge < -0.3 is 10.2 Å². The van der Waals surface area contributed by atoms with Crippen LogP contribution in [-0.2, 0) is 0 Å². The van der Waals surface area contributed by atoms with Crippen molar-refractivity contribution in [2.75, 3.05) is 0 Å². The molecule has 3 heteroatoms. The Morgan fingerprint density at radius 2 is 1.00 bits per heavy atom. The zero-order valence-electron chi connectivity index (χ0n) is 14.6. The number of unbranched alkanes of at least 4 members (excludes halogenated alkanes) is 2. The first-order valence-corrected chi connectivity index (χ1v) is 10.7. The molecule has 0 saturated carbocycles. The van der Waals surface area contributed by atoms with Crippen LogP contribution in [0.4, 0.5) is 0 Å². The molecule has 2 aromatic carbocycles. The second-order valence-electron chi connectivity index (χ2n) is 5.44. The van der Waals surface area contributed by atoms with Crippen molar-refractivity contribution in [2.24, 2.45) is 0 Å². The van der Waals surface area contributed by atoms with Crippen LogP contribution in [0, 0.1) is 0 Å². The van der Waals surface area contributed by atoms with Gasteiger partial charge in [-0.1, -0.05) is 75.9 Å². The van der Waals surface area contributed by atoms with E-state index >= 15 is 0 Å². The highest BCUT2D eigenvalue weighted by molar-refractivity contribution is 6.35. The van der Waals surface area contributed by atoms with Crippen LogP contribution in [0.25, 0.3) is 0 Å². The minimum Gasteiger partial charge on any atom is -0.508 e. The summed E-state index contributed by atoms with van der Waals surface area (Å²) >= 11 is 0.389. The summed E-state index contributed by atoms with van der Waals surface area (Å²) in [5.41, 5.74) is 0. The molecule has 0 atom stereocenters. The van der Waals surface area contributed by atoms with Crippen molar-refractivity contribution in [3.8, 4) is 11.5 Å². The first kappa shape index (κ1) is 21.8. The van der Waals surface area contributed by atoms with E-state index in [9.17, 15) is 0 Å². The molecule has 0 heterocycles. The van der Waals surface area contributed by atoms with Gasteiger partial charge >= 0.3 is 20.4 Å². The molecule has 124 valence electrons. The van der Waals surface area contributed by atoms with Crippen molar-refractivity contribution in [2.45, 2.75) is 48.6 Å². The summed E-state index contributed by atoms with van der Waals surface area (Å²) in [5, 5.41) is 17.3. The molecule has 2 N–H and O–H groups in total. The third-order valence-corrected chi connectivity index (χ3v) is 5.22. The predicted octanol–water partition coefficient (Wildman–Crippen LogP) is 5.91. The Balaban J connectivity index is 0.000000318. The van der Waals surface area contributed by atoms with Crippen molar-refractivity contribution in [1.82, 2.24) is 0 Å². The van der Waals surface area contributed by atoms with Crippen LogP contribution in [0.2, 0.25) is 9.10 Å². The van der Waals surface area contributed by atoms with Crippen molar-refractivity contribution in [3.63, 3.8) is 0 Å². The summed E-state index contributed by atoms with van der Waals surface area (Å²) < 4.78 is 3.19. The molecule has 0 aliphatic rings. The fraction of sp³-hybridized carbons (Fsp3) is 0.400. The molecule has 2 rings (SSSR count). The molecule has 0 aliphatic carbocycles. The standard InChI is InChI=1S/2C6H6O.2C4H9.Mg/c2*7-6-4-2-1-3-5-6;2*1-3-4-2;/h2*1-5,7H;2*1,3-4H2,2H3;. The number of phenols is 2. The molecule has 23 heavy (non-hydrogen) atoms. The highest BCUT2D eigenvalue weighted by atomic mass is 24.5. The summed E-state index contributed by atoms with van der Waals surface area (Å²) in [5.74, 6) is 0.644. The van der Waals surface area contributed by atoms with Gasteiger partial charge in [-0.25, -0.2) is 0 Å². The van der Waals surface area contributed by atoms with Crippen LogP contribution in [0.5, 0.6) is 11.5 Å². The predicted molar refractivity (Wildman–Crippen MR) is 101 cm³/mol. The van der Waals surface area contributed by atoms with Crippen LogP contribution in [0.15, 0.2) is 60.7 Å². The molecule has 0 saturated heterocycles. The molecule has 2 nitrogen and oxygen atoms in total. The summed E-state index contributed by atoms with van der Waals surface area (Å²) in [7, 11) is 0. The molecule has 2 aromatic rings. The Kier molecular flexibility index (Phi) is 16.3. The topological polar surface area (TPSA) is 40.5 Å². The second-order valence-corrected chi connectivity index (χ2v) is 7.56. The Bertz CT molecular complexity index is 402. The van der Waals surface area contributed by atoms with Crippen LogP contribution in [0.3, 0.4) is 0 Å². The van der Waals surface area contributed by atoms with E-state index in [1.807, 2.05) is 12.1 Å². The summed E-state index contributed by atoms with van der Waals surface area (Å²) in [6, 6.07) is 17.4. The molecular formula is C20H30MgO2. The van der Waals surface area contributed by atoms with E-state index in [4.69, 9.17) is 10.2 Å². The van der Waals surface area contributed by atoms with Crippen molar-refractivity contribution in [3.05, 3.63) is 60.7 Å². The summed E-state index contributed by atoms with van der Waals surface area (Å²) in [6.45, 7) is 4.57. The Morgan fingerprint density at radius 1 is 0.652 bits per heavy atom. The first-order valence-electron chi connectivity index (χ1n) is 8.68. The molecule has 0 fully saturated rings. The van der Waals surface area contributed by atoms with E-state index in [2.05, 4.69) is 13.8 Å². The average Bonchev–Trinajstić information content (AvgIpc) is 2.57. The van der Waals surface area contributed by atoms with E-state index in [1.165, 1.54) is 25.7 Å². The van der Waals surface area contributed by atoms with Gasteiger partial charge in [0.15, 0.2) is 0 Å². The number of para-hydroxylation sites is 2. The van der Waals surface area contributed by atoms with E-state index in [1.54, 1.807) is 57.6 Å². The quantitative estimate of drug-likeness (QED) is 0.511. The van der Waals surface area contributed by atoms with E-state index < -0.39 is 0 Å². The Hall–Kier alpha value is -1.19. The van der Waals surface area contributed by atoms with Gasteiger partial charge in [0.1, 0.15) is 11.5 Å². The van der Waals surface area contributed by atoms with Crippen LogP contribution >= 0.6 is 0 Å². The fourth-order valence-corrected chi connectivity index (χ4v) is 3.95. The van der Waals surface area contributed by atoms with Gasteiger partial charge in [0, 0.05) is 0 Å². The van der Waals surface area contributed by atoms with E-state index in [0.29, 0.717) is 31.9 Å². The fourth-order valence-electron chi connectivity index (χ4n) is 1.89. The van der Waals surface area contributed by atoms with Crippen LogP contribution in [0.1, 0.15) is 39.5 Å². The number of hydrogen-bond donors (Lipinski definition) is 2. The SMILES string of the molecule is CCC[CH2][Mg][CH2]CCC.Oc1ccccc1.Oc1ccccc1. The van der Waals surface area contributed by atoms with Gasteiger partial charge in [-0.05, 0) is 24.3 Å². The zero-order chi connectivity index (χ0) is 17.2. The summed E-state index contributed by atoms with van der Waals surface area (Å²) in [4.78, 5) is 0. The zero-order valence-corrected chi connectivity index (χ0v) is 16.0. The van der Waals surface area contributed by atoms with Crippen molar-refractivity contribution < 1.29 is 10.2 Å². The summed E-state index contributed by atoms with van der Waals surface area (Å²) in [6.07, 6.45) is 5.80. The van der Waals surface area contributed by atoms with Gasteiger partial charge in [-0.3, -0.25) is 0 Å². The minimum atomic E-state index is 0.322. The van der Waals surface area contributed by atoms with E-state index in [0.717, 1.165) is 0 Å². The monoisotopic (exact) mass is 326 g/mol. The number of benzene rings is 2. The molecule has 0 radical (unpaired) electrons. The lowest BCUT2D eigenvalue weighted by atomic mass is 10.3. The third-order valence-electron chi connectivity index (χ3n) is 3.22. The highest BCUT2D eigenvalue weighted by Gasteiger charge is 1.92. The van der Waals surface area contributed by atoms with Gasteiger partial charge in [-0.2, -0.15) is 0 Å². The first-order chi connectivity index (χ1) is 11.2. The maximum atomic E-state index is 8.63. The molecule has 0 aromatic heterocycles. The van der Waals surface area contributed by atoms with E-state index in [-0.39, 0.29) is 0 Å². The van der Waals surface area contributed by atoms with Crippen LogP contribution < -0.4 is 0 Å². The smallest absolute Gasteiger partial charge is 0.364 e. The van der Waals surface area contributed by atoms with Gasteiger partial charge in [-0.15, -0.1) is 9.10 Å². The number of rotatable bonds is 6.